The topological polar surface area (TPSA) is 46.5 Å². The maximum absolute atomic E-state index is 11.0. The van der Waals surface area contributed by atoms with Gasteiger partial charge in [-0.2, -0.15) is 11.8 Å². The maximum Gasteiger partial charge on any atom is 0.339 e. The van der Waals surface area contributed by atoms with Gasteiger partial charge in [-0.05, 0) is 24.3 Å². The number of para-hydroxylation sites is 1. The van der Waals surface area contributed by atoms with Crippen molar-refractivity contribution in [3.05, 3.63) is 29.8 Å². The predicted molar refractivity (Wildman–Crippen MR) is 75.7 cm³/mol. The first-order valence-corrected chi connectivity index (χ1v) is 6.98. The molecule has 0 aliphatic rings. The minimum absolute atomic E-state index is 0.223. The number of rotatable bonds is 6. The fraction of sp³-hybridized carbons (Fsp3) is 0.500. The maximum atomic E-state index is 11.0. The minimum atomic E-state index is -0.949. The Morgan fingerprint density at radius 1 is 1.33 bits per heavy atom. The minimum Gasteiger partial charge on any atom is -0.493 e. The molecule has 0 fully saturated rings. The van der Waals surface area contributed by atoms with E-state index in [4.69, 9.17) is 9.84 Å². The Balaban J connectivity index is 2.38. The van der Waals surface area contributed by atoms with Crippen molar-refractivity contribution in [2.75, 3.05) is 12.4 Å². The third-order valence-corrected chi connectivity index (χ3v) is 3.56. The summed E-state index contributed by atoms with van der Waals surface area (Å²) < 4.78 is 5.78. The Kier molecular flexibility index (Phi) is 5.54. The van der Waals surface area contributed by atoms with Crippen LogP contribution in [0.25, 0.3) is 0 Å². The van der Waals surface area contributed by atoms with Crippen LogP contribution < -0.4 is 4.74 Å². The van der Waals surface area contributed by atoms with Gasteiger partial charge in [0.1, 0.15) is 11.3 Å². The van der Waals surface area contributed by atoms with Crippen LogP contribution in [0.5, 0.6) is 5.75 Å². The highest BCUT2D eigenvalue weighted by Crippen LogP contribution is 2.24. The molecular formula is C14H20O3S. The fourth-order valence-corrected chi connectivity index (χ4v) is 2.26. The second kappa shape index (κ2) is 6.69. The van der Waals surface area contributed by atoms with Gasteiger partial charge in [0.05, 0.1) is 6.61 Å². The molecular weight excluding hydrogens is 248 g/mol. The zero-order valence-corrected chi connectivity index (χ0v) is 11.9. The molecule has 0 aliphatic carbocycles. The fourth-order valence-electron chi connectivity index (χ4n) is 1.39. The van der Waals surface area contributed by atoms with Crippen molar-refractivity contribution >= 4 is 17.7 Å². The van der Waals surface area contributed by atoms with E-state index < -0.39 is 5.97 Å². The lowest BCUT2D eigenvalue weighted by atomic mass is 10.2. The van der Waals surface area contributed by atoms with Crippen molar-refractivity contribution in [2.24, 2.45) is 0 Å². The van der Waals surface area contributed by atoms with Gasteiger partial charge in [-0.15, -0.1) is 0 Å². The molecule has 0 amide bonds. The van der Waals surface area contributed by atoms with Gasteiger partial charge in [-0.1, -0.05) is 32.9 Å². The number of hydrogen-bond acceptors (Lipinski definition) is 3. The Morgan fingerprint density at radius 3 is 2.61 bits per heavy atom. The first-order chi connectivity index (χ1) is 8.40. The predicted octanol–water partition coefficient (Wildman–Crippen LogP) is 3.69. The summed E-state index contributed by atoms with van der Waals surface area (Å²) in [5.74, 6) is 0.513. The van der Waals surface area contributed by atoms with E-state index in [-0.39, 0.29) is 10.3 Å². The Labute approximate surface area is 113 Å². The van der Waals surface area contributed by atoms with Crippen molar-refractivity contribution in [1.82, 2.24) is 0 Å². The molecule has 0 atom stereocenters. The summed E-state index contributed by atoms with van der Waals surface area (Å²) in [6, 6.07) is 6.74. The number of thioether (sulfide) groups is 1. The van der Waals surface area contributed by atoms with Crippen LogP contribution in [0.15, 0.2) is 24.3 Å². The molecule has 1 rings (SSSR count). The Morgan fingerprint density at radius 2 is 2.00 bits per heavy atom. The molecule has 0 saturated heterocycles. The van der Waals surface area contributed by atoms with Gasteiger partial charge in [-0.3, -0.25) is 0 Å². The van der Waals surface area contributed by atoms with Crippen LogP contribution in [-0.2, 0) is 0 Å². The zero-order chi connectivity index (χ0) is 13.6. The van der Waals surface area contributed by atoms with Gasteiger partial charge in [0.15, 0.2) is 0 Å². The van der Waals surface area contributed by atoms with E-state index in [0.29, 0.717) is 12.4 Å². The molecule has 4 heteroatoms. The first kappa shape index (κ1) is 14.9. The second-order valence-electron chi connectivity index (χ2n) is 4.96. The van der Waals surface area contributed by atoms with Crippen LogP contribution in [0.2, 0.25) is 0 Å². The highest BCUT2D eigenvalue weighted by Gasteiger charge is 2.11. The van der Waals surface area contributed by atoms with Gasteiger partial charge in [0, 0.05) is 4.75 Å². The van der Waals surface area contributed by atoms with Crippen molar-refractivity contribution < 1.29 is 14.6 Å². The van der Waals surface area contributed by atoms with Crippen molar-refractivity contribution in [3.63, 3.8) is 0 Å². The van der Waals surface area contributed by atoms with E-state index in [1.807, 2.05) is 11.8 Å². The molecule has 0 heterocycles. The molecule has 3 nitrogen and oxygen atoms in total. The van der Waals surface area contributed by atoms with Gasteiger partial charge in [-0.25, -0.2) is 4.79 Å². The molecule has 0 radical (unpaired) electrons. The normalized spacial score (nSPS) is 11.3. The number of hydrogen-bond donors (Lipinski definition) is 1. The van der Waals surface area contributed by atoms with E-state index in [2.05, 4.69) is 20.8 Å². The SMILES string of the molecule is CC(C)(C)SCCCOc1ccccc1C(=O)O. The Bertz CT molecular complexity index is 396. The quantitative estimate of drug-likeness (QED) is 0.799. The molecule has 1 aromatic carbocycles. The summed E-state index contributed by atoms with van der Waals surface area (Å²) in [5.41, 5.74) is 0.223. The molecule has 0 unspecified atom stereocenters. The lowest BCUT2D eigenvalue weighted by Gasteiger charge is -2.17. The molecule has 1 N–H and O–H groups in total. The van der Waals surface area contributed by atoms with E-state index >= 15 is 0 Å². The summed E-state index contributed by atoms with van der Waals surface area (Å²) in [7, 11) is 0. The average Bonchev–Trinajstić information content (AvgIpc) is 2.27. The first-order valence-electron chi connectivity index (χ1n) is 5.99. The van der Waals surface area contributed by atoms with Crippen LogP contribution in [0.1, 0.15) is 37.6 Å². The van der Waals surface area contributed by atoms with Crippen molar-refractivity contribution in [1.29, 1.82) is 0 Å². The van der Waals surface area contributed by atoms with Crippen molar-refractivity contribution in [3.8, 4) is 5.75 Å². The van der Waals surface area contributed by atoms with Crippen molar-refractivity contribution in [2.45, 2.75) is 31.9 Å². The molecule has 100 valence electrons. The lowest BCUT2D eigenvalue weighted by molar-refractivity contribution is 0.0692. The van der Waals surface area contributed by atoms with E-state index in [0.717, 1.165) is 12.2 Å². The molecule has 18 heavy (non-hydrogen) atoms. The monoisotopic (exact) mass is 268 g/mol. The van der Waals surface area contributed by atoms with Crippen LogP contribution >= 0.6 is 11.8 Å². The van der Waals surface area contributed by atoms with Gasteiger partial charge in [0.2, 0.25) is 0 Å². The standard InChI is InChI=1S/C14H20O3S/c1-14(2,3)18-10-6-9-17-12-8-5-4-7-11(12)13(15)16/h4-5,7-8H,6,9-10H2,1-3H3,(H,15,16). The molecule has 1 aromatic rings. The Hall–Kier alpha value is -1.16. The summed E-state index contributed by atoms with van der Waals surface area (Å²) in [4.78, 5) is 11.0. The molecule has 0 saturated carbocycles. The number of benzene rings is 1. The zero-order valence-electron chi connectivity index (χ0n) is 11.1. The highest BCUT2D eigenvalue weighted by molar-refractivity contribution is 8.00. The van der Waals surface area contributed by atoms with Crippen LogP contribution in [0.4, 0.5) is 0 Å². The number of ether oxygens (including phenoxy) is 1. The summed E-state index contributed by atoms with van der Waals surface area (Å²) >= 11 is 1.88. The third kappa shape index (κ3) is 5.45. The summed E-state index contributed by atoms with van der Waals surface area (Å²) in [6.45, 7) is 7.09. The average molecular weight is 268 g/mol. The largest absolute Gasteiger partial charge is 0.493 e. The molecule has 0 bridgehead atoms. The third-order valence-electron chi connectivity index (χ3n) is 2.20. The lowest BCUT2D eigenvalue weighted by Crippen LogP contribution is -2.10. The van der Waals surface area contributed by atoms with E-state index in [1.165, 1.54) is 0 Å². The summed E-state index contributed by atoms with van der Waals surface area (Å²) in [6.07, 6.45) is 0.913. The van der Waals surface area contributed by atoms with Crippen LogP contribution in [0, 0.1) is 0 Å². The smallest absolute Gasteiger partial charge is 0.339 e. The van der Waals surface area contributed by atoms with E-state index in [9.17, 15) is 4.79 Å². The van der Waals surface area contributed by atoms with Gasteiger partial charge < -0.3 is 9.84 Å². The summed E-state index contributed by atoms with van der Waals surface area (Å²) in [5, 5.41) is 8.99. The van der Waals surface area contributed by atoms with Gasteiger partial charge in [0.25, 0.3) is 0 Å². The number of carboxylic acid groups (broad SMARTS) is 1. The highest BCUT2D eigenvalue weighted by atomic mass is 32.2. The van der Waals surface area contributed by atoms with Gasteiger partial charge >= 0.3 is 5.97 Å². The van der Waals surface area contributed by atoms with E-state index in [1.54, 1.807) is 24.3 Å². The molecule has 0 spiro atoms. The number of aromatic carboxylic acids is 1. The molecule has 0 aromatic heterocycles. The van der Waals surface area contributed by atoms with Crippen LogP contribution in [-0.4, -0.2) is 28.2 Å². The molecule has 0 aliphatic heterocycles. The van der Waals surface area contributed by atoms with Crippen LogP contribution in [0.3, 0.4) is 0 Å². The number of carboxylic acids is 1. The second-order valence-corrected chi connectivity index (χ2v) is 6.89. The number of carbonyl (C=O) groups is 1.